The highest BCUT2D eigenvalue weighted by Crippen LogP contribution is 2.41. The lowest BCUT2D eigenvalue weighted by Crippen LogP contribution is -2.23. The van der Waals surface area contributed by atoms with Crippen LogP contribution in [-0.4, -0.2) is 30.2 Å². The van der Waals surface area contributed by atoms with E-state index >= 15 is 0 Å². The molecule has 17 heavy (non-hydrogen) atoms. The van der Waals surface area contributed by atoms with Crippen molar-refractivity contribution < 1.29 is 4.74 Å². The van der Waals surface area contributed by atoms with Crippen LogP contribution in [-0.2, 0) is 0 Å². The zero-order valence-corrected chi connectivity index (χ0v) is 10.1. The number of nitrogen functional groups attached to an aromatic ring is 1. The molecule has 2 aliphatic rings. The summed E-state index contributed by atoms with van der Waals surface area (Å²) in [5, 5.41) is 0. The van der Waals surface area contributed by atoms with Crippen LogP contribution in [0, 0.1) is 11.8 Å². The number of nitrogens with zero attached hydrogens (tertiary/aromatic N) is 3. The predicted molar refractivity (Wildman–Crippen MR) is 66.0 cm³/mol. The van der Waals surface area contributed by atoms with Gasteiger partial charge in [-0.2, -0.15) is 4.98 Å². The molecule has 1 aliphatic heterocycles. The van der Waals surface area contributed by atoms with Crippen LogP contribution in [0.5, 0.6) is 5.88 Å². The summed E-state index contributed by atoms with van der Waals surface area (Å²) in [7, 11) is 1.58. The van der Waals surface area contributed by atoms with Crippen LogP contribution in [0.25, 0.3) is 0 Å². The number of anilines is 2. The predicted octanol–water partition coefficient (Wildman–Crippen LogP) is 1.30. The molecule has 0 spiro atoms. The standard InChI is InChI=1S/C12H18N4O/c1-17-12-10(13)11(14-7-15-12)16-5-8-3-2-4-9(8)6-16/h7-9H,2-6,13H2,1H3. The van der Waals surface area contributed by atoms with Gasteiger partial charge in [0.15, 0.2) is 5.82 Å². The highest BCUT2D eigenvalue weighted by Gasteiger charge is 2.37. The summed E-state index contributed by atoms with van der Waals surface area (Å²) in [6.45, 7) is 2.16. The molecule has 1 aromatic rings. The molecule has 0 radical (unpaired) electrons. The van der Waals surface area contributed by atoms with Gasteiger partial charge >= 0.3 is 0 Å². The summed E-state index contributed by atoms with van der Waals surface area (Å²) in [5.41, 5.74) is 6.60. The smallest absolute Gasteiger partial charge is 0.242 e. The molecule has 5 nitrogen and oxygen atoms in total. The van der Waals surface area contributed by atoms with Crippen molar-refractivity contribution >= 4 is 11.5 Å². The molecule has 2 N–H and O–H groups in total. The minimum Gasteiger partial charge on any atom is -0.479 e. The minimum absolute atomic E-state index is 0.479. The second-order valence-corrected chi connectivity index (χ2v) is 4.98. The van der Waals surface area contributed by atoms with Crippen molar-refractivity contribution in [3.63, 3.8) is 0 Å². The van der Waals surface area contributed by atoms with E-state index in [1.165, 1.54) is 25.6 Å². The van der Waals surface area contributed by atoms with E-state index in [4.69, 9.17) is 10.5 Å². The van der Waals surface area contributed by atoms with Crippen LogP contribution in [0.1, 0.15) is 19.3 Å². The molecule has 5 heteroatoms. The second-order valence-electron chi connectivity index (χ2n) is 4.98. The Hall–Kier alpha value is -1.52. The van der Waals surface area contributed by atoms with Crippen molar-refractivity contribution in [1.29, 1.82) is 0 Å². The normalized spacial score (nSPS) is 27.2. The Bertz CT molecular complexity index is 411. The molecule has 3 rings (SSSR count). The minimum atomic E-state index is 0.479. The molecule has 2 atom stereocenters. The maximum absolute atomic E-state index is 6.03. The van der Waals surface area contributed by atoms with Crippen LogP contribution in [0.3, 0.4) is 0 Å². The zero-order chi connectivity index (χ0) is 11.8. The first-order valence-corrected chi connectivity index (χ1v) is 6.19. The molecule has 2 fully saturated rings. The fourth-order valence-corrected chi connectivity index (χ4v) is 3.19. The van der Waals surface area contributed by atoms with Crippen LogP contribution in [0.15, 0.2) is 6.33 Å². The van der Waals surface area contributed by atoms with Crippen molar-refractivity contribution in [2.75, 3.05) is 30.8 Å². The van der Waals surface area contributed by atoms with Crippen molar-refractivity contribution in [3.8, 4) is 5.88 Å². The van der Waals surface area contributed by atoms with E-state index in [2.05, 4.69) is 14.9 Å². The lowest BCUT2D eigenvalue weighted by atomic mass is 10.0. The molecule has 0 amide bonds. The molecule has 2 heterocycles. The summed E-state index contributed by atoms with van der Waals surface area (Å²) >= 11 is 0. The van der Waals surface area contributed by atoms with E-state index in [-0.39, 0.29) is 0 Å². The summed E-state index contributed by atoms with van der Waals surface area (Å²) in [6.07, 6.45) is 5.61. The molecule has 1 aliphatic carbocycles. The van der Waals surface area contributed by atoms with Gasteiger partial charge in [0.2, 0.25) is 5.88 Å². The number of aromatic nitrogens is 2. The molecule has 1 aromatic heterocycles. The first kappa shape index (κ1) is 10.6. The number of rotatable bonds is 2. The average molecular weight is 234 g/mol. The topological polar surface area (TPSA) is 64.3 Å². The number of hydrogen-bond acceptors (Lipinski definition) is 5. The lowest BCUT2D eigenvalue weighted by molar-refractivity contribution is 0.399. The van der Waals surface area contributed by atoms with Crippen molar-refractivity contribution in [3.05, 3.63) is 6.33 Å². The third-order valence-electron chi connectivity index (χ3n) is 4.05. The first-order valence-electron chi connectivity index (χ1n) is 6.19. The summed E-state index contributed by atoms with van der Waals surface area (Å²) < 4.78 is 5.14. The third kappa shape index (κ3) is 1.69. The maximum atomic E-state index is 6.03. The number of hydrogen-bond donors (Lipinski definition) is 1. The maximum Gasteiger partial charge on any atom is 0.242 e. The van der Waals surface area contributed by atoms with Gasteiger partial charge in [-0.1, -0.05) is 6.42 Å². The van der Waals surface area contributed by atoms with E-state index in [0.29, 0.717) is 11.6 Å². The van der Waals surface area contributed by atoms with Gasteiger partial charge in [-0.05, 0) is 24.7 Å². The summed E-state index contributed by atoms with van der Waals surface area (Å²) in [4.78, 5) is 10.6. The van der Waals surface area contributed by atoms with Gasteiger partial charge in [-0.3, -0.25) is 0 Å². The van der Waals surface area contributed by atoms with Gasteiger partial charge in [0.05, 0.1) is 7.11 Å². The van der Waals surface area contributed by atoms with E-state index < -0.39 is 0 Å². The molecule has 2 unspecified atom stereocenters. The lowest BCUT2D eigenvalue weighted by Gasteiger charge is -2.20. The average Bonchev–Trinajstić information content (AvgIpc) is 2.89. The molecule has 1 saturated heterocycles. The van der Waals surface area contributed by atoms with Crippen LogP contribution in [0.4, 0.5) is 11.5 Å². The summed E-state index contributed by atoms with van der Waals surface area (Å²) in [6, 6.07) is 0. The Morgan fingerprint density at radius 2 is 2.00 bits per heavy atom. The van der Waals surface area contributed by atoms with E-state index in [9.17, 15) is 0 Å². The fourth-order valence-electron chi connectivity index (χ4n) is 3.19. The summed E-state index contributed by atoms with van der Waals surface area (Å²) in [5.74, 6) is 2.98. The van der Waals surface area contributed by atoms with Crippen LogP contribution >= 0.6 is 0 Å². The monoisotopic (exact) mass is 234 g/mol. The number of ether oxygens (including phenoxy) is 1. The second kappa shape index (κ2) is 4.05. The molecular formula is C12H18N4O. The zero-order valence-electron chi connectivity index (χ0n) is 10.1. The number of methoxy groups -OCH3 is 1. The SMILES string of the molecule is COc1ncnc(N2CC3CCCC3C2)c1N. The number of nitrogens with two attached hydrogens (primary N) is 1. The molecule has 0 bridgehead atoms. The Morgan fingerprint density at radius 3 is 2.65 bits per heavy atom. The van der Waals surface area contributed by atoms with Crippen molar-refractivity contribution in [1.82, 2.24) is 9.97 Å². The quantitative estimate of drug-likeness (QED) is 0.835. The van der Waals surface area contributed by atoms with Crippen LogP contribution in [0.2, 0.25) is 0 Å². The van der Waals surface area contributed by atoms with Gasteiger partial charge in [0.1, 0.15) is 12.0 Å². The van der Waals surface area contributed by atoms with E-state index in [0.717, 1.165) is 30.7 Å². The Labute approximate surface area is 101 Å². The first-order chi connectivity index (χ1) is 8.29. The molecule has 1 saturated carbocycles. The largest absolute Gasteiger partial charge is 0.479 e. The van der Waals surface area contributed by atoms with Crippen molar-refractivity contribution in [2.24, 2.45) is 11.8 Å². The van der Waals surface area contributed by atoms with E-state index in [1.807, 2.05) is 0 Å². The molecular weight excluding hydrogens is 216 g/mol. The molecule has 0 aromatic carbocycles. The number of fused-ring (bicyclic) bond motifs is 1. The van der Waals surface area contributed by atoms with Gasteiger partial charge in [-0.25, -0.2) is 4.98 Å². The fraction of sp³-hybridized carbons (Fsp3) is 0.667. The van der Waals surface area contributed by atoms with Gasteiger partial charge in [-0.15, -0.1) is 0 Å². The highest BCUT2D eigenvalue weighted by atomic mass is 16.5. The Balaban J connectivity index is 1.85. The van der Waals surface area contributed by atoms with Gasteiger partial charge in [0.25, 0.3) is 0 Å². The highest BCUT2D eigenvalue weighted by molar-refractivity contribution is 5.68. The van der Waals surface area contributed by atoms with Crippen molar-refractivity contribution in [2.45, 2.75) is 19.3 Å². The van der Waals surface area contributed by atoms with Crippen LogP contribution < -0.4 is 15.4 Å². The van der Waals surface area contributed by atoms with Gasteiger partial charge < -0.3 is 15.4 Å². The van der Waals surface area contributed by atoms with Gasteiger partial charge in [0, 0.05) is 13.1 Å². The Morgan fingerprint density at radius 1 is 1.29 bits per heavy atom. The molecule has 92 valence electrons. The third-order valence-corrected chi connectivity index (χ3v) is 4.05. The van der Waals surface area contributed by atoms with E-state index in [1.54, 1.807) is 7.11 Å². The Kier molecular flexibility index (Phi) is 2.53.